The zero-order chi connectivity index (χ0) is 27.4. The van der Waals surface area contributed by atoms with E-state index in [0.717, 1.165) is 40.6 Å². The summed E-state index contributed by atoms with van der Waals surface area (Å²) in [5.41, 5.74) is 2.04. The number of hydrogen-bond donors (Lipinski definition) is 4. The highest BCUT2D eigenvalue weighted by Crippen LogP contribution is 2.29. The van der Waals surface area contributed by atoms with Crippen molar-refractivity contribution in [2.75, 3.05) is 18.5 Å². The number of amides is 3. The molecule has 4 N–H and O–H groups in total. The zero-order valence-corrected chi connectivity index (χ0v) is 22.6. The molecule has 5 rings (SSSR count). The average Bonchev–Trinajstić information content (AvgIpc) is 3.26. The molecule has 11 nitrogen and oxygen atoms in total. The predicted molar refractivity (Wildman–Crippen MR) is 147 cm³/mol. The van der Waals surface area contributed by atoms with E-state index in [0.29, 0.717) is 16.5 Å². The van der Waals surface area contributed by atoms with Crippen molar-refractivity contribution in [3.05, 3.63) is 62.9 Å². The molecule has 0 aliphatic heterocycles. The van der Waals surface area contributed by atoms with Gasteiger partial charge in [0.1, 0.15) is 10.9 Å². The number of thiazole rings is 1. The molecule has 1 aliphatic carbocycles. The van der Waals surface area contributed by atoms with Crippen molar-refractivity contribution in [1.29, 1.82) is 0 Å². The molecule has 39 heavy (non-hydrogen) atoms. The summed E-state index contributed by atoms with van der Waals surface area (Å²) in [7, 11) is 0. The number of aromatic amines is 1. The molecule has 1 aliphatic rings. The Hall–Kier alpha value is -4.10. The van der Waals surface area contributed by atoms with Crippen molar-refractivity contribution in [2.24, 2.45) is 5.92 Å². The lowest BCUT2D eigenvalue weighted by Gasteiger charge is -2.18. The second kappa shape index (κ2) is 11.7. The number of rotatable bonds is 11. The molecule has 1 aromatic carbocycles. The Morgan fingerprint density at radius 2 is 2.00 bits per heavy atom. The molecular weight excluding hydrogens is 540 g/mol. The van der Waals surface area contributed by atoms with Crippen LogP contribution in [0, 0.1) is 12.8 Å². The lowest BCUT2D eigenvalue weighted by atomic mass is 10.1. The molecule has 1 fully saturated rings. The van der Waals surface area contributed by atoms with Gasteiger partial charge in [-0.3, -0.25) is 19.5 Å². The third kappa shape index (κ3) is 6.67. The second-order valence-corrected chi connectivity index (χ2v) is 11.1. The van der Waals surface area contributed by atoms with E-state index in [4.69, 9.17) is 4.74 Å². The summed E-state index contributed by atoms with van der Waals surface area (Å²) >= 11 is 2.28. The molecule has 4 aromatic rings. The van der Waals surface area contributed by atoms with E-state index in [9.17, 15) is 19.2 Å². The Labute approximate surface area is 231 Å². The van der Waals surface area contributed by atoms with Crippen LogP contribution in [-0.4, -0.2) is 58.1 Å². The zero-order valence-electron chi connectivity index (χ0n) is 21.0. The number of hydrogen-bond acceptors (Lipinski definition) is 9. The smallest absolute Gasteiger partial charge is 0.330 e. The van der Waals surface area contributed by atoms with E-state index in [2.05, 4.69) is 31.1 Å². The number of esters is 1. The van der Waals surface area contributed by atoms with Gasteiger partial charge in [-0.1, -0.05) is 29.5 Å². The summed E-state index contributed by atoms with van der Waals surface area (Å²) in [4.78, 5) is 56.0. The fourth-order valence-electron chi connectivity index (χ4n) is 3.87. The molecular formula is C26H26N6O5S2. The van der Waals surface area contributed by atoms with E-state index < -0.39 is 17.9 Å². The van der Waals surface area contributed by atoms with Gasteiger partial charge in [0, 0.05) is 11.9 Å². The van der Waals surface area contributed by atoms with Gasteiger partial charge < -0.3 is 20.7 Å². The molecule has 1 atom stereocenters. The maximum Gasteiger partial charge on any atom is 0.330 e. The van der Waals surface area contributed by atoms with Crippen LogP contribution in [0.5, 0.6) is 0 Å². The first-order valence-electron chi connectivity index (χ1n) is 12.3. The number of nitrogens with zero attached hydrogens (tertiary/aromatic N) is 2. The molecule has 0 unspecified atom stereocenters. The van der Waals surface area contributed by atoms with Crippen LogP contribution in [-0.2, 0) is 20.7 Å². The molecule has 13 heteroatoms. The van der Waals surface area contributed by atoms with Gasteiger partial charge >= 0.3 is 5.97 Å². The van der Waals surface area contributed by atoms with Crippen molar-refractivity contribution in [2.45, 2.75) is 32.2 Å². The molecule has 1 saturated carbocycles. The Balaban J connectivity index is 1.22. The third-order valence-corrected chi connectivity index (χ3v) is 8.08. The summed E-state index contributed by atoms with van der Waals surface area (Å²) in [5, 5.41) is 17.9. The van der Waals surface area contributed by atoms with Crippen molar-refractivity contribution in [3.8, 4) is 0 Å². The summed E-state index contributed by atoms with van der Waals surface area (Å²) in [6, 6.07) is 7.91. The number of thiophene rings is 1. The quantitative estimate of drug-likeness (QED) is 0.203. The van der Waals surface area contributed by atoms with Crippen molar-refractivity contribution in [3.63, 3.8) is 0 Å². The van der Waals surface area contributed by atoms with Gasteiger partial charge in [-0.2, -0.15) is 5.10 Å². The number of ether oxygens (including phenoxy) is 1. The minimum Gasteiger partial charge on any atom is -0.464 e. The summed E-state index contributed by atoms with van der Waals surface area (Å²) in [5.74, 6) is -1.45. The molecule has 0 saturated heterocycles. The summed E-state index contributed by atoms with van der Waals surface area (Å²) in [6.07, 6.45) is 3.79. The Morgan fingerprint density at radius 3 is 2.77 bits per heavy atom. The van der Waals surface area contributed by atoms with E-state index in [1.807, 2.05) is 18.2 Å². The number of H-pyrrole nitrogens is 1. The Morgan fingerprint density at radius 1 is 1.15 bits per heavy atom. The maximum atomic E-state index is 13.1. The van der Waals surface area contributed by atoms with Crippen LogP contribution >= 0.6 is 22.7 Å². The van der Waals surface area contributed by atoms with Crippen LogP contribution in [0.25, 0.3) is 10.9 Å². The molecule has 0 bridgehead atoms. The SMILES string of the molecule is Cc1nc(NC(=O)Cc2cccc3[nH]ncc23)sc1C(=O)N[C@@H](CNC(=O)c1cccs1)C(=O)OCC1CC1. The van der Waals surface area contributed by atoms with Gasteiger partial charge in [-0.05, 0) is 48.8 Å². The van der Waals surface area contributed by atoms with Gasteiger partial charge in [0.15, 0.2) is 5.13 Å². The monoisotopic (exact) mass is 566 g/mol. The van der Waals surface area contributed by atoms with E-state index >= 15 is 0 Å². The van der Waals surface area contributed by atoms with Crippen molar-refractivity contribution in [1.82, 2.24) is 25.8 Å². The molecule has 202 valence electrons. The van der Waals surface area contributed by atoms with Gasteiger partial charge in [-0.25, -0.2) is 9.78 Å². The number of nitrogens with one attached hydrogen (secondary N) is 4. The highest BCUT2D eigenvalue weighted by atomic mass is 32.1. The highest BCUT2D eigenvalue weighted by Gasteiger charge is 2.29. The van der Waals surface area contributed by atoms with Crippen LogP contribution in [0.1, 0.15) is 43.4 Å². The fourth-order valence-corrected chi connectivity index (χ4v) is 5.40. The Kier molecular flexibility index (Phi) is 7.98. The fraction of sp³-hybridized carbons (Fsp3) is 0.308. The third-order valence-electron chi connectivity index (χ3n) is 6.14. The van der Waals surface area contributed by atoms with Crippen LogP contribution in [0.2, 0.25) is 0 Å². The van der Waals surface area contributed by atoms with Crippen LogP contribution in [0.4, 0.5) is 5.13 Å². The Bertz CT molecular complexity index is 1510. The molecule has 3 heterocycles. The standard InChI is InChI=1S/C26H26N6O5S2/c1-14-22(39-26(29-14)31-21(33)10-16-4-2-5-18-17(16)11-28-32-18)24(35)30-19(25(36)37-13-15-7-8-15)12-27-23(34)20-6-3-9-38-20/h2-6,9,11,15,19H,7-8,10,12-13H2,1H3,(H,27,34)(H,28,32)(H,30,35)(H,29,31,33)/t19-/m0/s1. The molecule has 3 aromatic heterocycles. The predicted octanol–water partition coefficient (Wildman–Crippen LogP) is 3.05. The number of carbonyl (C=O) groups is 4. The normalized spacial score (nSPS) is 13.6. The topological polar surface area (TPSA) is 155 Å². The highest BCUT2D eigenvalue weighted by molar-refractivity contribution is 7.17. The summed E-state index contributed by atoms with van der Waals surface area (Å²) < 4.78 is 5.38. The molecule has 0 radical (unpaired) electrons. The van der Waals surface area contributed by atoms with Crippen LogP contribution in [0.3, 0.4) is 0 Å². The van der Waals surface area contributed by atoms with Gasteiger partial charge in [0.2, 0.25) is 5.91 Å². The maximum absolute atomic E-state index is 13.1. The number of aromatic nitrogens is 3. The first-order chi connectivity index (χ1) is 18.9. The minimum absolute atomic E-state index is 0.107. The lowest BCUT2D eigenvalue weighted by Crippen LogP contribution is -2.49. The van der Waals surface area contributed by atoms with E-state index in [1.54, 1.807) is 30.6 Å². The molecule has 0 spiro atoms. The van der Waals surface area contributed by atoms with Gasteiger partial charge in [0.25, 0.3) is 11.8 Å². The number of benzene rings is 1. The average molecular weight is 567 g/mol. The number of carbonyl (C=O) groups excluding carboxylic acids is 4. The first-order valence-corrected chi connectivity index (χ1v) is 14.0. The number of aryl methyl sites for hydroxylation is 1. The van der Waals surface area contributed by atoms with Crippen LogP contribution in [0.15, 0.2) is 41.9 Å². The minimum atomic E-state index is -1.09. The largest absolute Gasteiger partial charge is 0.464 e. The van der Waals surface area contributed by atoms with Crippen molar-refractivity contribution < 1.29 is 23.9 Å². The summed E-state index contributed by atoms with van der Waals surface area (Å²) in [6.45, 7) is 1.80. The lowest BCUT2D eigenvalue weighted by molar-refractivity contribution is -0.146. The van der Waals surface area contributed by atoms with Gasteiger partial charge in [-0.15, -0.1) is 11.3 Å². The van der Waals surface area contributed by atoms with Crippen molar-refractivity contribution >= 4 is 62.4 Å². The van der Waals surface area contributed by atoms with E-state index in [1.165, 1.54) is 11.3 Å². The van der Waals surface area contributed by atoms with E-state index in [-0.39, 0.29) is 41.4 Å². The molecule has 3 amide bonds. The number of anilines is 1. The number of fused-ring (bicyclic) bond motifs is 1. The van der Waals surface area contributed by atoms with Gasteiger partial charge in [0.05, 0.1) is 35.3 Å². The first kappa shape index (κ1) is 26.5. The van der Waals surface area contributed by atoms with Crippen LogP contribution < -0.4 is 16.0 Å². The second-order valence-electron chi connectivity index (χ2n) is 9.19.